The number of carbonyl (C=O) groups excluding carboxylic acids is 2. The Balaban J connectivity index is 2.22. The van der Waals surface area contributed by atoms with Gasteiger partial charge < -0.3 is 5.73 Å². The summed E-state index contributed by atoms with van der Waals surface area (Å²) in [5.74, 6) is -0.719. The second-order valence-electron chi connectivity index (χ2n) is 3.83. The van der Waals surface area contributed by atoms with Gasteiger partial charge in [0.15, 0.2) is 5.16 Å². The lowest BCUT2D eigenvalue weighted by Gasteiger charge is -2.10. The van der Waals surface area contributed by atoms with Gasteiger partial charge in [-0.15, -0.1) is 5.10 Å². The second-order valence-corrected chi connectivity index (χ2v) is 4.60. The van der Waals surface area contributed by atoms with Crippen LogP contribution in [0.1, 0.15) is 6.42 Å². The molecule has 0 saturated carbocycles. The predicted octanol–water partition coefficient (Wildman–Crippen LogP) is -0.625. The summed E-state index contributed by atoms with van der Waals surface area (Å²) in [5, 5.41) is 4.86. The number of hydrogen-bond acceptors (Lipinski definition) is 5. The Morgan fingerprint density at radius 3 is 2.76 bits per heavy atom. The van der Waals surface area contributed by atoms with Crippen molar-refractivity contribution in [3.8, 4) is 0 Å². The van der Waals surface area contributed by atoms with E-state index in [-0.39, 0.29) is 18.9 Å². The van der Waals surface area contributed by atoms with Gasteiger partial charge in [-0.1, -0.05) is 11.8 Å². The van der Waals surface area contributed by atoms with Gasteiger partial charge in [-0.25, -0.2) is 4.68 Å². The van der Waals surface area contributed by atoms with Gasteiger partial charge in [0.1, 0.15) is 0 Å². The van der Waals surface area contributed by atoms with E-state index in [2.05, 4.69) is 10.1 Å². The maximum absolute atomic E-state index is 11.7. The SMILES string of the molecule is CSc1nc(N2CC(C(N)=O)CC2=O)nn1C. The molecule has 1 atom stereocenters. The van der Waals surface area contributed by atoms with Crippen molar-refractivity contribution in [2.75, 3.05) is 17.7 Å². The number of hydrogen-bond donors (Lipinski definition) is 1. The van der Waals surface area contributed by atoms with Crippen molar-refractivity contribution in [3.63, 3.8) is 0 Å². The molecule has 2 rings (SSSR count). The van der Waals surface area contributed by atoms with Gasteiger partial charge in [0, 0.05) is 20.0 Å². The van der Waals surface area contributed by atoms with Crippen molar-refractivity contribution in [1.82, 2.24) is 14.8 Å². The zero-order chi connectivity index (χ0) is 12.6. The van der Waals surface area contributed by atoms with Crippen LogP contribution in [0.2, 0.25) is 0 Å². The molecule has 1 aromatic rings. The van der Waals surface area contributed by atoms with Crippen molar-refractivity contribution in [2.45, 2.75) is 11.6 Å². The topological polar surface area (TPSA) is 94.1 Å². The van der Waals surface area contributed by atoms with Crippen LogP contribution in [0.25, 0.3) is 0 Å². The molecule has 92 valence electrons. The van der Waals surface area contributed by atoms with E-state index in [1.54, 1.807) is 11.7 Å². The largest absolute Gasteiger partial charge is 0.369 e. The zero-order valence-electron chi connectivity index (χ0n) is 9.58. The Bertz CT molecular complexity index is 472. The molecule has 1 fully saturated rings. The Hall–Kier alpha value is -1.57. The Kier molecular flexibility index (Phi) is 3.05. The molecule has 0 radical (unpaired) electrons. The van der Waals surface area contributed by atoms with Crippen LogP contribution in [0.4, 0.5) is 5.95 Å². The minimum absolute atomic E-state index is 0.141. The summed E-state index contributed by atoms with van der Waals surface area (Å²) < 4.78 is 1.60. The summed E-state index contributed by atoms with van der Waals surface area (Å²) in [5.41, 5.74) is 5.19. The first kappa shape index (κ1) is 11.9. The second kappa shape index (κ2) is 4.36. The average Bonchev–Trinajstić information content (AvgIpc) is 2.81. The molecule has 0 spiro atoms. The highest BCUT2D eigenvalue weighted by Crippen LogP contribution is 2.23. The molecule has 1 aromatic heterocycles. The summed E-state index contributed by atoms with van der Waals surface area (Å²) in [6.07, 6.45) is 2.02. The van der Waals surface area contributed by atoms with Crippen LogP contribution in [0, 0.1) is 5.92 Å². The fourth-order valence-corrected chi connectivity index (χ4v) is 2.22. The lowest BCUT2D eigenvalue weighted by atomic mass is 10.1. The van der Waals surface area contributed by atoms with Crippen LogP contribution in [0.5, 0.6) is 0 Å². The van der Waals surface area contributed by atoms with E-state index in [1.807, 2.05) is 6.26 Å². The normalized spacial score (nSPS) is 20.0. The maximum atomic E-state index is 11.7. The van der Waals surface area contributed by atoms with Crippen molar-refractivity contribution in [2.24, 2.45) is 18.7 Å². The summed E-state index contributed by atoms with van der Waals surface area (Å²) in [6.45, 7) is 0.270. The van der Waals surface area contributed by atoms with E-state index in [9.17, 15) is 9.59 Å². The van der Waals surface area contributed by atoms with E-state index in [4.69, 9.17) is 5.73 Å². The van der Waals surface area contributed by atoms with E-state index in [0.717, 1.165) is 5.16 Å². The molecular weight excluding hydrogens is 242 g/mol. The number of nitrogens with zero attached hydrogens (tertiary/aromatic N) is 4. The van der Waals surface area contributed by atoms with Crippen molar-refractivity contribution in [3.05, 3.63) is 0 Å². The number of aromatic nitrogens is 3. The maximum Gasteiger partial charge on any atom is 0.252 e. The number of rotatable bonds is 3. The Morgan fingerprint density at radius 2 is 2.29 bits per heavy atom. The van der Waals surface area contributed by atoms with E-state index < -0.39 is 11.8 Å². The highest BCUT2D eigenvalue weighted by molar-refractivity contribution is 7.98. The lowest BCUT2D eigenvalue weighted by Crippen LogP contribution is -2.29. The monoisotopic (exact) mass is 255 g/mol. The molecule has 0 aromatic carbocycles. The first-order valence-electron chi connectivity index (χ1n) is 5.07. The lowest BCUT2D eigenvalue weighted by molar-refractivity contribution is -0.123. The third kappa shape index (κ3) is 2.12. The van der Waals surface area contributed by atoms with Crippen LogP contribution in [0.3, 0.4) is 0 Å². The Morgan fingerprint density at radius 1 is 1.59 bits per heavy atom. The van der Waals surface area contributed by atoms with Crippen LogP contribution in [-0.2, 0) is 16.6 Å². The molecule has 17 heavy (non-hydrogen) atoms. The standard InChI is InChI=1S/C9H13N5O2S/c1-13-9(17-2)11-8(12-13)14-4-5(7(10)16)3-6(14)15/h5H,3-4H2,1-2H3,(H2,10,16). The summed E-state index contributed by atoms with van der Waals surface area (Å²) >= 11 is 1.44. The minimum Gasteiger partial charge on any atom is -0.369 e. The highest BCUT2D eigenvalue weighted by Gasteiger charge is 2.36. The molecule has 1 unspecified atom stereocenters. The minimum atomic E-state index is -0.457. The summed E-state index contributed by atoms with van der Waals surface area (Å²) in [7, 11) is 1.76. The van der Waals surface area contributed by atoms with Gasteiger partial charge in [0.25, 0.3) is 5.95 Å². The van der Waals surface area contributed by atoms with Gasteiger partial charge in [-0.3, -0.25) is 14.5 Å². The van der Waals surface area contributed by atoms with E-state index >= 15 is 0 Å². The van der Waals surface area contributed by atoms with Gasteiger partial charge in [-0.05, 0) is 6.26 Å². The van der Waals surface area contributed by atoms with Crippen LogP contribution < -0.4 is 10.6 Å². The first-order chi connectivity index (χ1) is 8.02. The molecule has 2 N–H and O–H groups in total. The molecule has 7 nitrogen and oxygen atoms in total. The molecular formula is C9H13N5O2S. The molecule has 0 aliphatic carbocycles. The fraction of sp³-hybridized carbons (Fsp3) is 0.556. The molecule has 1 aliphatic heterocycles. The average molecular weight is 255 g/mol. The third-order valence-corrected chi connectivity index (χ3v) is 3.38. The number of nitrogens with two attached hydrogens (primary N) is 1. The number of primary amides is 1. The molecule has 8 heteroatoms. The smallest absolute Gasteiger partial charge is 0.252 e. The fourth-order valence-electron chi connectivity index (χ4n) is 1.74. The third-order valence-electron chi connectivity index (χ3n) is 2.66. The number of thioether (sulfide) groups is 1. The number of aryl methyl sites for hydroxylation is 1. The van der Waals surface area contributed by atoms with E-state index in [1.165, 1.54) is 16.7 Å². The van der Waals surface area contributed by atoms with Crippen LogP contribution in [-0.4, -0.2) is 39.4 Å². The van der Waals surface area contributed by atoms with Gasteiger partial charge in [0.2, 0.25) is 11.8 Å². The summed E-state index contributed by atoms with van der Waals surface area (Å²) in [6, 6.07) is 0. The molecule has 1 saturated heterocycles. The predicted molar refractivity (Wildman–Crippen MR) is 62.4 cm³/mol. The Labute approximate surface area is 102 Å². The molecule has 2 amide bonds. The molecule has 2 heterocycles. The van der Waals surface area contributed by atoms with Crippen LogP contribution >= 0.6 is 11.8 Å². The molecule has 1 aliphatic rings. The zero-order valence-corrected chi connectivity index (χ0v) is 10.4. The quantitative estimate of drug-likeness (QED) is 0.726. The van der Waals surface area contributed by atoms with Crippen LogP contribution in [0.15, 0.2) is 5.16 Å². The highest BCUT2D eigenvalue weighted by atomic mass is 32.2. The number of carbonyl (C=O) groups is 2. The van der Waals surface area contributed by atoms with Gasteiger partial charge in [0.05, 0.1) is 5.92 Å². The number of amides is 2. The number of anilines is 1. The van der Waals surface area contributed by atoms with E-state index in [0.29, 0.717) is 5.95 Å². The van der Waals surface area contributed by atoms with Crippen molar-refractivity contribution < 1.29 is 9.59 Å². The van der Waals surface area contributed by atoms with Gasteiger partial charge >= 0.3 is 0 Å². The first-order valence-corrected chi connectivity index (χ1v) is 6.30. The van der Waals surface area contributed by atoms with Crippen molar-refractivity contribution >= 4 is 29.5 Å². The summed E-state index contributed by atoms with van der Waals surface area (Å²) in [4.78, 5) is 28.4. The molecule has 0 bridgehead atoms. The van der Waals surface area contributed by atoms with Crippen molar-refractivity contribution in [1.29, 1.82) is 0 Å². The van der Waals surface area contributed by atoms with Gasteiger partial charge in [-0.2, -0.15) is 4.98 Å².